The first kappa shape index (κ1) is 20.7. The van der Waals surface area contributed by atoms with Gasteiger partial charge in [0.05, 0.1) is 21.6 Å². The Bertz CT molecular complexity index is 1040. The standard InChI is InChI=1S/C21H24N4O3S/c1-5-16(6-2)28-21(27)25-18-9-15(11-22-12(18)3)14-7-8-17-19(10-14)29-20(24-17)23-13(4)26/h7-11,16H,5-6H2,1-4H3,(H,25,27)(H,23,24,26). The number of amides is 2. The zero-order chi connectivity index (χ0) is 21.0. The average Bonchev–Trinajstić information content (AvgIpc) is 3.08. The minimum Gasteiger partial charge on any atom is -0.446 e. The summed E-state index contributed by atoms with van der Waals surface area (Å²) in [5.74, 6) is -0.150. The second-order valence-electron chi connectivity index (χ2n) is 6.71. The molecule has 0 radical (unpaired) electrons. The number of ether oxygens (including phenoxy) is 1. The molecule has 2 aromatic heterocycles. The molecule has 0 spiro atoms. The number of nitrogens with zero attached hydrogens (tertiary/aromatic N) is 2. The van der Waals surface area contributed by atoms with Crippen LogP contribution in [0.25, 0.3) is 21.3 Å². The maximum atomic E-state index is 12.2. The molecular weight excluding hydrogens is 388 g/mol. The molecular formula is C21H24N4O3S. The van der Waals surface area contributed by atoms with Gasteiger partial charge in [-0.3, -0.25) is 15.1 Å². The molecule has 0 atom stereocenters. The highest BCUT2D eigenvalue weighted by atomic mass is 32.1. The van der Waals surface area contributed by atoms with Crippen LogP contribution in [0.15, 0.2) is 30.5 Å². The van der Waals surface area contributed by atoms with Gasteiger partial charge in [0, 0.05) is 18.7 Å². The van der Waals surface area contributed by atoms with Crippen molar-refractivity contribution in [2.45, 2.75) is 46.6 Å². The molecule has 0 aliphatic heterocycles. The van der Waals surface area contributed by atoms with Crippen LogP contribution in [0.3, 0.4) is 0 Å². The molecule has 0 aliphatic rings. The van der Waals surface area contributed by atoms with Crippen LogP contribution in [-0.2, 0) is 9.53 Å². The Balaban J connectivity index is 1.84. The van der Waals surface area contributed by atoms with Crippen LogP contribution < -0.4 is 10.6 Å². The summed E-state index contributed by atoms with van der Waals surface area (Å²) < 4.78 is 6.38. The molecule has 0 saturated carbocycles. The number of hydrogen-bond acceptors (Lipinski definition) is 6. The van der Waals surface area contributed by atoms with E-state index in [9.17, 15) is 9.59 Å². The van der Waals surface area contributed by atoms with E-state index < -0.39 is 6.09 Å². The monoisotopic (exact) mass is 412 g/mol. The molecule has 152 valence electrons. The number of aryl methyl sites for hydroxylation is 1. The van der Waals surface area contributed by atoms with E-state index in [-0.39, 0.29) is 12.0 Å². The van der Waals surface area contributed by atoms with Crippen molar-refractivity contribution in [2.75, 3.05) is 10.6 Å². The van der Waals surface area contributed by atoms with Gasteiger partial charge in [0.15, 0.2) is 5.13 Å². The van der Waals surface area contributed by atoms with E-state index in [0.717, 1.165) is 34.2 Å². The van der Waals surface area contributed by atoms with E-state index in [4.69, 9.17) is 4.74 Å². The zero-order valence-corrected chi connectivity index (χ0v) is 17.7. The van der Waals surface area contributed by atoms with Crippen molar-refractivity contribution in [3.8, 4) is 11.1 Å². The highest BCUT2D eigenvalue weighted by Gasteiger charge is 2.13. The summed E-state index contributed by atoms with van der Waals surface area (Å²) in [7, 11) is 0. The Morgan fingerprint density at radius 1 is 1.14 bits per heavy atom. The molecule has 7 nitrogen and oxygen atoms in total. The van der Waals surface area contributed by atoms with Gasteiger partial charge in [0.25, 0.3) is 0 Å². The molecule has 29 heavy (non-hydrogen) atoms. The van der Waals surface area contributed by atoms with Crippen molar-refractivity contribution in [3.63, 3.8) is 0 Å². The topological polar surface area (TPSA) is 93.2 Å². The first-order valence-electron chi connectivity index (χ1n) is 9.52. The molecule has 1 aromatic carbocycles. The van der Waals surface area contributed by atoms with Crippen molar-refractivity contribution in [2.24, 2.45) is 0 Å². The number of carbonyl (C=O) groups excluding carboxylic acids is 2. The predicted octanol–water partition coefficient (Wildman–Crippen LogP) is 5.36. The highest BCUT2D eigenvalue weighted by molar-refractivity contribution is 7.22. The summed E-state index contributed by atoms with van der Waals surface area (Å²) in [4.78, 5) is 32.3. The number of thiazole rings is 1. The number of nitrogens with one attached hydrogen (secondary N) is 2. The predicted molar refractivity (Wildman–Crippen MR) is 116 cm³/mol. The summed E-state index contributed by atoms with van der Waals surface area (Å²) in [6.07, 6.45) is 2.74. The SMILES string of the molecule is CCC(CC)OC(=O)Nc1cc(-c2ccc3nc(NC(C)=O)sc3c2)cnc1C. The van der Waals surface area contributed by atoms with Crippen molar-refractivity contribution in [1.29, 1.82) is 0 Å². The number of benzene rings is 1. The first-order chi connectivity index (χ1) is 13.9. The number of fused-ring (bicyclic) bond motifs is 1. The average molecular weight is 413 g/mol. The molecule has 0 unspecified atom stereocenters. The summed E-state index contributed by atoms with van der Waals surface area (Å²) in [5.41, 5.74) is 3.95. The number of pyridine rings is 1. The third kappa shape index (κ3) is 5.08. The molecule has 8 heteroatoms. The third-order valence-corrected chi connectivity index (χ3v) is 5.45. The minimum absolute atomic E-state index is 0.0991. The highest BCUT2D eigenvalue weighted by Crippen LogP contribution is 2.31. The number of rotatable bonds is 6. The number of carbonyl (C=O) groups is 2. The fourth-order valence-corrected chi connectivity index (χ4v) is 3.82. The van der Waals surface area contributed by atoms with Crippen molar-refractivity contribution < 1.29 is 14.3 Å². The van der Waals surface area contributed by atoms with Crippen LogP contribution >= 0.6 is 11.3 Å². The van der Waals surface area contributed by atoms with Crippen LogP contribution in [0.2, 0.25) is 0 Å². The molecule has 0 bridgehead atoms. The van der Waals surface area contributed by atoms with Crippen molar-refractivity contribution in [3.05, 3.63) is 36.2 Å². The van der Waals surface area contributed by atoms with Gasteiger partial charge in [-0.25, -0.2) is 9.78 Å². The first-order valence-corrected chi connectivity index (χ1v) is 10.3. The molecule has 0 fully saturated rings. The molecule has 3 aromatic rings. The lowest BCUT2D eigenvalue weighted by Crippen LogP contribution is -2.21. The van der Waals surface area contributed by atoms with Crippen molar-refractivity contribution in [1.82, 2.24) is 9.97 Å². The normalized spacial score (nSPS) is 10.9. The van der Waals surface area contributed by atoms with E-state index in [1.54, 1.807) is 6.20 Å². The Morgan fingerprint density at radius 2 is 1.90 bits per heavy atom. The number of aromatic nitrogens is 2. The summed E-state index contributed by atoms with van der Waals surface area (Å²) in [6, 6.07) is 7.73. The van der Waals surface area contributed by atoms with Crippen molar-refractivity contribution >= 4 is 44.4 Å². The van der Waals surface area contributed by atoms with Gasteiger partial charge in [-0.1, -0.05) is 31.3 Å². The minimum atomic E-state index is -0.474. The van der Waals surface area contributed by atoms with Gasteiger partial charge in [0.1, 0.15) is 6.10 Å². The van der Waals surface area contributed by atoms with E-state index in [2.05, 4.69) is 20.6 Å². The van der Waals surface area contributed by atoms with E-state index in [0.29, 0.717) is 16.5 Å². The Labute approximate surface area is 173 Å². The quantitative estimate of drug-likeness (QED) is 0.568. The summed E-state index contributed by atoms with van der Waals surface area (Å²) in [6.45, 7) is 7.27. The lowest BCUT2D eigenvalue weighted by Gasteiger charge is -2.15. The van der Waals surface area contributed by atoms with Crippen LogP contribution in [0, 0.1) is 6.92 Å². The maximum Gasteiger partial charge on any atom is 0.411 e. The van der Waals surface area contributed by atoms with Gasteiger partial charge < -0.3 is 10.1 Å². The molecule has 2 N–H and O–H groups in total. The molecule has 2 heterocycles. The maximum absolute atomic E-state index is 12.2. The lowest BCUT2D eigenvalue weighted by molar-refractivity contribution is -0.114. The zero-order valence-electron chi connectivity index (χ0n) is 16.9. The Morgan fingerprint density at radius 3 is 2.59 bits per heavy atom. The van der Waals surface area contributed by atoms with Gasteiger partial charge in [0.2, 0.25) is 5.91 Å². The van der Waals surface area contributed by atoms with E-state index in [1.807, 2.05) is 45.0 Å². The number of anilines is 2. The fraction of sp³-hybridized carbons (Fsp3) is 0.333. The van der Waals surface area contributed by atoms with E-state index >= 15 is 0 Å². The van der Waals surface area contributed by atoms with Crippen LogP contribution in [-0.4, -0.2) is 28.1 Å². The van der Waals surface area contributed by atoms with Gasteiger partial charge in [-0.2, -0.15) is 0 Å². The lowest BCUT2D eigenvalue weighted by atomic mass is 10.1. The molecule has 2 amide bonds. The van der Waals surface area contributed by atoms with E-state index in [1.165, 1.54) is 18.3 Å². The van der Waals surface area contributed by atoms with Gasteiger partial charge in [-0.15, -0.1) is 0 Å². The van der Waals surface area contributed by atoms with Crippen LogP contribution in [0.1, 0.15) is 39.3 Å². The fourth-order valence-electron chi connectivity index (χ4n) is 2.87. The summed E-state index contributed by atoms with van der Waals surface area (Å²) >= 11 is 1.41. The second-order valence-corrected chi connectivity index (χ2v) is 7.74. The molecule has 3 rings (SSSR count). The number of hydrogen-bond donors (Lipinski definition) is 2. The summed E-state index contributed by atoms with van der Waals surface area (Å²) in [5, 5.41) is 6.08. The second kappa shape index (κ2) is 9.00. The smallest absolute Gasteiger partial charge is 0.411 e. The third-order valence-electron chi connectivity index (χ3n) is 4.51. The Hall–Kier alpha value is -3.00. The van der Waals surface area contributed by atoms with Gasteiger partial charge >= 0.3 is 6.09 Å². The van der Waals surface area contributed by atoms with Crippen LogP contribution in [0.4, 0.5) is 15.6 Å². The van der Waals surface area contributed by atoms with Crippen LogP contribution in [0.5, 0.6) is 0 Å². The van der Waals surface area contributed by atoms with Gasteiger partial charge in [-0.05, 0) is 43.5 Å². The Kier molecular flexibility index (Phi) is 6.43. The molecule has 0 saturated heterocycles. The largest absolute Gasteiger partial charge is 0.446 e. The molecule has 0 aliphatic carbocycles.